The molecule has 0 heterocycles. The highest BCUT2D eigenvalue weighted by Crippen LogP contribution is 2.19. The summed E-state index contributed by atoms with van der Waals surface area (Å²) in [5, 5.41) is 0. The second-order valence-electron chi connectivity index (χ2n) is 5.17. The van der Waals surface area contributed by atoms with Gasteiger partial charge < -0.3 is 5.73 Å². The fraction of sp³-hybridized carbons (Fsp3) is 0.294. The van der Waals surface area contributed by atoms with Crippen molar-refractivity contribution < 1.29 is 8.78 Å². The maximum atomic E-state index is 13.7. The Balaban J connectivity index is 2.13. The predicted octanol–water partition coefficient (Wildman–Crippen LogP) is 3.63. The second kappa shape index (κ2) is 6.62. The van der Waals surface area contributed by atoms with Crippen LogP contribution in [0.15, 0.2) is 42.5 Å². The normalized spacial score (nSPS) is 12.4. The lowest BCUT2D eigenvalue weighted by Gasteiger charge is -2.17. The summed E-state index contributed by atoms with van der Waals surface area (Å²) in [5.41, 5.74) is 8.44. The summed E-state index contributed by atoms with van der Waals surface area (Å²) in [6, 6.07) is 11.5. The van der Waals surface area contributed by atoms with Gasteiger partial charge >= 0.3 is 0 Å². The van der Waals surface area contributed by atoms with Gasteiger partial charge in [-0.05, 0) is 67.1 Å². The van der Waals surface area contributed by atoms with Gasteiger partial charge in [-0.15, -0.1) is 0 Å². The zero-order chi connectivity index (χ0) is 14.5. The third-order valence-corrected chi connectivity index (χ3v) is 3.62. The Morgan fingerprint density at radius 3 is 2.40 bits per heavy atom. The van der Waals surface area contributed by atoms with Crippen molar-refractivity contribution in [2.24, 2.45) is 11.7 Å². The highest BCUT2D eigenvalue weighted by molar-refractivity contribution is 5.27. The first kappa shape index (κ1) is 14.7. The number of rotatable bonds is 5. The van der Waals surface area contributed by atoms with Crippen LogP contribution in [0.2, 0.25) is 0 Å². The van der Waals surface area contributed by atoms with E-state index in [1.54, 1.807) is 24.3 Å². The highest BCUT2D eigenvalue weighted by atomic mass is 19.1. The molecule has 0 saturated carbocycles. The third kappa shape index (κ3) is 3.64. The minimum Gasteiger partial charge on any atom is -0.330 e. The van der Waals surface area contributed by atoms with Gasteiger partial charge in [0.1, 0.15) is 11.6 Å². The maximum Gasteiger partial charge on any atom is 0.126 e. The molecule has 0 aliphatic rings. The maximum absolute atomic E-state index is 13.7. The van der Waals surface area contributed by atoms with Crippen LogP contribution in [0, 0.1) is 24.5 Å². The molecule has 0 bridgehead atoms. The highest BCUT2D eigenvalue weighted by Gasteiger charge is 2.13. The molecule has 1 atom stereocenters. The lowest BCUT2D eigenvalue weighted by Crippen LogP contribution is -2.20. The van der Waals surface area contributed by atoms with Gasteiger partial charge in [0.2, 0.25) is 0 Å². The first-order valence-electron chi connectivity index (χ1n) is 6.78. The molecular weight excluding hydrogens is 256 g/mol. The Bertz CT molecular complexity index is 581. The summed E-state index contributed by atoms with van der Waals surface area (Å²) < 4.78 is 27.0. The van der Waals surface area contributed by atoms with E-state index in [0.29, 0.717) is 24.9 Å². The molecular formula is C17H19F2N. The number of benzene rings is 2. The first-order chi connectivity index (χ1) is 9.60. The Hall–Kier alpha value is -1.74. The third-order valence-electron chi connectivity index (χ3n) is 3.62. The molecule has 3 heteroatoms. The fourth-order valence-electron chi connectivity index (χ4n) is 2.38. The van der Waals surface area contributed by atoms with E-state index >= 15 is 0 Å². The lowest BCUT2D eigenvalue weighted by atomic mass is 9.90. The van der Waals surface area contributed by atoms with Crippen LogP contribution >= 0.6 is 0 Å². The van der Waals surface area contributed by atoms with Gasteiger partial charge in [0.25, 0.3) is 0 Å². The average Bonchev–Trinajstić information content (AvgIpc) is 2.44. The van der Waals surface area contributed by atoms with Crippen molar-refractivity contribution in [1.29, 1.82) is 0 Å². The van der Waals surface area contributed by atoms with Crippen molar-refractivity contribution in [2.45, 2.75) is 19.8 Å². The molecule has 0 fully saturated rings. The van der Waals surface area contributed by atoms with Crippen LogP contribution < -0.4 is 5.73 Å². The van der Waals surface area contributed by atoms with Crippen LogP contribution in [0.4, 0.5) is 8.78 Å². The molecule has 0 saturated heterocycles. The van der Waals surface area contributed by atoms with Crippen LogP contribution in [-0.4, -0.2) is 6.54 Å². The van der Waals surface area contributed by atoms with Gasteiger partial charge in [0, 0.05) is 0 Å². The summed E-state index contributed by atoms with van der Waals surface area (Å²) in [5.74, 6) is -0.346. The van der Waals surface area contributed by atoms with Crippen molar-refractivity contribution >= 4 is 0 Å². The van der Waals surface area contributed by atoms with Crippen LogP contribution in [0.25, 0.3) is 0 Å². The topological polar surface area (TPSA) is 26.0 Å². The van der Waals surface area contributed by atoms with Crippen molar-refractivity contribution in [3.05, 3.63) is 70.8 Å². The van der Waals surface area contributed by atoms with Crippen LogP contribution in [0.3, 0.4) is 0 Å². The summed E-state index contributed by atoms with van der Waals surface area (Å²) >= 11 is 0. The molecule has 20 heavy (non-hydrogen) atoms. The first-order valence-corrected chi connectivity index (χ1v) is 6.78. The van der Waals surface area contributed by atoms with Gasteiger partial charge in [0.05, 0.1) is 0 Å². The molecule has 106 valence electrons. The number of nitrogens with two attached hydrogens (primary N) is 1. The molecule has 1 nitrogen and oxygen atoms in total. The van der Waals surface area contributed by atoms with Crippen LogP contribution in [0.1, 0.15) is 16.7 Å². The second-order valence-corrected chi connectivity index (χ2v) is 5.17. The molecule has 2 N–H and O–H groups in total. The van der Waals surface area contributed by atoms with E-state index in [1.807, 2.05) is 13.0 Å². The molecule has 0 aliphatic carbocycles. The van der Waals surface area contributed by atoms with E-state index in [1.165, 1.54) is 12.1 Å². The molecule has 2 rings (SSSR count). The summed E-state index contributed by atoms with van der Waals surface area (Å²) in [7, 11) is 0. The molecule has 0 aromatic heterocycles. The van der Waals surface area contributed by atoms with Gasteiger partial charge in [-0.3, -0.25) is 0 Å². The zero-order valence-electron chi connectivity index (χ0n) is 11.6. The number of aryl methyl sites for hydroxylation is 1. The molecule has 2 aromatic rings. The standard InChI is InChI=1S/C17H19F2N/c1-12-6-7-16(18)10-15(12)9-13(11-20)8-14-4-2-3-5-17(14)19/h2-7,10,13H,8-9,11,20H2,1H3. The SMILES string of the molecule is Cc1ccc(F)cc1CC(CN)Cc1ccccc1F. The van der Waals surface area contributed by atoms with Crippen molar-refractivity contribution in [3.63, 3.8) is 0 Å². The largest absolute Gasteiger partial charge is 0.330 e. The molecule has 0 aliphatic heterocycles. The molecule has 0 radical (unpaired) electrons. The Morgan fingerprint density at radius 1 is 1.00 bits per heavy atom. The van der Waals surface area contributed by atoms with E-state index in [-0.39, 0.29) is 17.6 Å². The van der Waals surface area contributed by atoms with Gasteiger partial charge in [0.15, 0.2) is 0 Å². The predicted molar refractivity (Wildman–Crippen MR) is 77.5 cm³/mol. The smallest absolute Gasteiger partial charge is 0.126 e. The molecule has 1 unspecified atom stereocenters. The lowest BCUT2D eigenvalue weighted by molar-refractivity contribution is 0.509. The van der Waals surface area contributed by atoms with Gasteiger partial charge in [-0.2, -0.15) is 0 Å². The summed E-state index contributed by atoms with van der Waals surface area (Å²) in [6.07, 6.45) is 1.23. The quantitative estimate of drug-likeness (QED) is 0.886. The van der Waals surface area contributed by atoms with E-state index in [9.17, 15) is 8.78 Å². The molecule has 0 spiro atoms. The van der Waals surface area contributed by atoms with Crippen LogP contribution in [-0.2, 0) is 12.8 Å². The van der Waals surface area contributed by atoms with E-state index in [2.05, 4.69) is 0 Å². The van der Waals surface area contributed by atoms with Crippen LogP contribution in [0.5, 0.6) is 0 Å². The Morgan fingerprint density at radius 2 is 1.70 bits per heavy atom. The molecule has 0 amide bonds. The Labute approximate surface area is 118 Å². The van der Waals surface area contributed by atoms with E-state index in [4.69, 9.17) is 5.73 Å². The van der Waals surface area contributed by atoms with Crippen molar-refractivity contribution in [3.8, 4) is 0 Å². The van der Waals surface area contributed by atoms with Gasteiger partial charge in [-0.25, -0.2) is 8.78 Å². The monoisotopic (exact) mass is 275 g/mol. The minimum absolute atomic E-state index is 0.104. The average molecular weight is 275 g/mol. The summed E-state index contributed by atoms with van der Waals surface area (Å²) in [4.78, 5) is 0. The van der Waals surface area contributed by atoms with Crippen molar-refractivity contribution in [2.75, 3.05) is 6.54 Å². The minimum atomic E-state index is -0.243. The van der Waals surface area contributed by atoms with Gasteiger partial charge in [-0.1, -0.05) is 24.3 Å². The number of hydrogen-bond acceptors (Lipinski definition) is 1. The Kier molecular flexibility index (Phi) is 4.85. The fourth-order valence-corrected chi connectivity index (χ4v) is 2.38. The summed E-state index contributed by atoms with van der Waals surface area (Å²) in [6.45, 7) is 2.40. The zero-order valence-corrected chi connectivity index (χ0v) is 11.6. The molecule has 2 aromatic carbocycles. The van der Waals surface area contributed by atoms with E-state index < -0.39 is 0 Å². The number of hydrogen-bond donors (Lipinski definition) is 1. The van der Waals surface area contributed by atoms with E-state index in [0.717, 1.165) is 11.1 Å². The van der Waals surface area contributed by atoms with Crippen molar-refractivity contribution in [1.82, 2.24) is 0 Å². The number of halogens is 2.